The largest absolute Gasteiger partial charge is 0.322 e. The molecule has 0 fully saturated rings. The van der Waals surface area contributed by atoms with Gasteiger partial charge in [0.2, 0.25) is 0 Å². The van der Waals surface area contributed by atoms with Crippen LogP contribution in [0.25, 0.3) is 0 Å². The van der Waals surface area contributed by atoms with Gasteiger partial charge in [0.1, 0.15) is 0 Å². The van der Waals surface area contributed by atoms with E-state index in [-0.39, 0.29) is 0 Å². The van der Waals surface area contributed by atoms with Crippen molar-refractivity contribution in [1.29, 1.82) is 0 Å². The second-order valence-electron chi connectivity index (χ2n) is 6.24. The monoisotopic (exact) mass is 549 g/mol. The fourth-order valence-electron chi connectivity index (χ4n) is 2.37. The molecule has 3 atom stereocenters. The van der Waals surface area contributed by atoms with E-state index >= 15 is 0 Å². The summed E-state index contributed by atoms with van der Waals surface area (Å²) in [6.45, 7) is 12.6. The first-order valence-corrected chi connectivity index (χ1v) is 11.3. The average Bonchev–Trinajstić information content (AvgIpc) is 3.03. The standard InChI is InChI=1S/C21H29I2N/c1-5-20(16-22)9-6-8-17(2)11-14-21-10-7-15-24(21)19(4)13-12-18(3)23/h5-7,9,12-15,17-18,20H,1,4,8,10-11,16H2,2-3H3/b9-6+,13-12-,21-14+. The molecule has 3 heteroatoms. The zero-order chi connectivity index (χ0) is 17.9. The molecule has 1 nitrogen and oxygen atoms in total. The molecule has 0 radical (unpaired) electrons. The molecule has 0 aliphatic carbocycles. The van der Waals surface area contributed by atoms with Gasteiger partial charge in [-0.2, -0.15) is 0 Å². The second kappa shape index (κ2) is 12.1. The number of rotatable bonds is 10. The van der Waals surface area contributed by atoms with Gasteiger partial charge in [-0.3, -0.25) is 0 Å². The van der Waals surface area contributed by atoms with Crippen molar-refractivity contribution in [2.75, 3.05) is 4.43 Å². The highest BCUT2D eigenvalue weighted by Gasteiger charge is 2.13. The Morgan fingerprint density at radius 3 is 2.71 bits per heavy atom. The third-order valence-electron chi connectivity index (χ3n) is 3.91. The molecule has 24 heavy (non-hydrogen) atoms. The lowest BCUT2D eigenvalue weighted by Crippen LogP contribution is -2.10. The lowest BCUT2D eigenvalue weighted by atomic mass is 10.0. The number of hydrogen-bond acceptors (Lipinski definition) is 1. The molecule has 1 heterocycles. The van der Waals surface area contributed by atoms with Crippen LogP contribution in [0.4, 0.5) is 0 Å². The SMILES string of the molecule is C=CC(/C=C/CC(C)C/C=C1\CC=CN1C(=C)/C=C\C(C)I)CI. The molecule has 1 aliphatic heterocycles. The molecule has 0 aromatic carbocycles. The van der Waals surface area contributed by atoms with Gasteiger partial charge in [-0.05, 0) is 31.8 Å². The zero-order valence-corrected chi connectivity index (χ0v) is 19.1. The molecular weight excluding hydrogens is 520 g/mol. The van der Waals surface area contributed by atoms with Gasteiger partial charge in [0, 0.05) is 38.3 Å². The van der Waals surface area contributed by atoms with Crippen LogP contribution in [-0.2, 0) is 0 Å². The minimum Gasteiger partial charge on any atom is -0.322 e. The Kier molecular flexibility index (Phi) is 11.0. The Labute approximate surface area is 175 Å². The predicted molar refractivity (Wildman–Crippen MR) is 126 cm³/mol. The van der Waals surface area contributed by atoms with Crippen LogP contribution in [0.2, 0.25) is 0 Å². The Bertz CT molecular complexity index is 526. The molecule has 0 amide bonds. The van der Waals surface area contributed by atoms with Gasteiger partial charge >= 0.3 is 0 Å². The van der Waals surface area contributed by atoms with E-state index in [1.165, 1.54) is 5.70 Å². The minimum atomic E-state index is 0.501. The van der Waals surface area contributed by atoms with Gasteiger partial charge in [-0.1, -0.05) is 95.1 Å². The topological polar surface area (TPSA) is 3.24 Å². The molecule has 0 aromatic rings. The van der Waals surface area contributed by atoms with E-state index in [1.54, 1.807) is 0 Å². The van der Waals surface area contributed by atoms with Crippen LogP contribution in [0, 0.1) is 11.8 Å². The Morgan fingerprint density at radius 1 is 1.33 bits per heavy atom. The Hall–Kier alpha value is -0.300. The summed E-state index contributed by atoms with van der Waals surface area (Å²) in [7, 11) is 0. The quantitative estimate of drug-likeness (QED) is 0.121. The summed E-state index contributed by atoms with van der Waals surface area (Å²) in [5.74, 6) is 1.15. The average molecular weight is 549 g/mol. The normalized spacial score (nSPS) is 20.2. The molecule has 0 spiro atoms. The number of allylic oxidation sites excluding steroid dienone is 7. The summed E-state index contributed by atoms with van der Waals surface area (Å²) in [6, 6.07) is 0. The summed E-state index contributed by atoms with van der Waals surface area (Å²) in [5, 5.41) is 0. The van der Waals surface area contributed by atoms with Gasteiger partial charge in [0.25, 0.3) is 0 Å². The van der Waals surface area contributed by atoms with Gasteiger partial charge < -0.3 is 4.90 Å². The van der Waals surface area contributed by atoms with Crippen LogP contribution in [0.15, 0.2) is 73.3 Å². The minimum absolute atomic E-state index is 0.501. The van der Waals surface area contributed by atoms with Crippen LogP contribution < -0.4 is 0 Å². The van der Waals surface area contributed by atoms with Crippen molar-refractivity contribution in [2.45, 2.75) is 37.0 Å². The summed E-state index contributed by atoms with van der Waals surface area (Å²) in [4.78, 5) is 2.21. The van der Waals surface area contributed by atoms with Crippen LogP contribution in [0.5, 0.6) is 0 Å². The van der Waals surface area contributed by atoms with Crippen LogP contribution >= 0.6 is 45.2 Å². The predicted octanol–water partition coefficient (Wildman–Crippen LogP) is 7.19. The van der Waals surface area contributed by atoms with Gasteiger partial charge in [-0.25, -0.2) is 0 Å². The molecule has 0 N–H and O–H groups in total. The van der Waals surface area contributed by atoms with Crippen molar-refractivity contribution < 1.29 is 0 Å². The highest BCUT2D eigenvalue weighted by atomic mass is 127. The van der Waals surface area contributed by atoms with Crippen molar-refractivity contribution in [3.63, 3.8) is 0 Å². The lowest BCUT2D eigenvalue weighted by molar-refractivity contribution is 0.569. The molecule has 0 saturated carbocycles. The number of halogens is 2. The van der Waals surface area contributed by atoms with Crippen LogP contribution in [-0.4, -0.2) is 13.3 Å². The van der Waals surface area contributed by atoms with E-state index in [4.69, 9.17) is 0 Å². The van der Waals surface area contributed by atoms with E-state index < -0.39 is 0 Å². The Balaban J connectivity index is 2.53. The number of nitrogens with zero attached hydrogens (tertiary/aromatic N) is 1. The summed E-state index contributed by atoms with van der Waals surface area (Å²) in [6.07, 6.45) is 20.8. The van der Waals surface area contributed by atoms with Crippen molar-refractivity contribution >= 4 is 45.2 Å². The van der Waals surface area contributed by atoms with E-state index in [0.717, 1.165) is 29.4 Å². The fourth-order valence-corrected chi connectivity index (χ4v) is 3.23. The first kappa shape index (κ1) is 21.7. The number of alkyl halides is 2. The smallest absolute Gasteiger partial charge is 0.0377 e. The molecule has 132 valence electrons. The summed E-state index contributed by atoms with van der Waals surface area (Å²) < 4.78 is 1.62. The van der Waals surface area contributed by atoms with Crippen LogP contribution in [0.1, 0.15) is 33.1 Å². The fraction of sp³-hybridized carbons (Fsp3) is 0.429. The molecule has 3 unspecified atom stereocenters. The maximum absolute atomic E-state index is 4.20. The van der Waals surface area contributed by atoms with Crippen molar-refractivity contribution in [1.82, 2.24) is 4.90 Å². The summed E-state index contributed by atoms with van der Waals surface area (Å²) in [5.41, 5.74) is 2.39. The molecular formula is C21H29I2N. The Morgan fingerprint density at radius 2 is 2.08 bits per heavy atom. The van der Waals surface area contributed by atoms with Crippen molar-refractivity contribution in [3.05, 3.63) is 73.3 Å². The van der Waals surface area contributed by atoms with Crippen molar-refractivity contribution in [2.24, 2.45) is 11.8 Å². The molecule has 0 saturated heterocycles. The maximum Gasteiger partial charge on any atom is 0.0377 e. The molecule has 0 aromatic heterocycles. The van der Waals surface area contributed by atoms with Gasteiger partial charge in [-0.15, -0.1) is 6.58 Å². The highest BCUT2D eigenvalue weighted by Crippen LogP contribution is 2.25. The first-order chi connectivity index (χ1) is 11.5. The van der Waals surface area contributed by atoms with E-state index in [1.807, 2.05) is 6.08 Å². The van der Waals surface area contributed by atoms with Crippen LogP contribution in [0.3, 0.4) is 0 Å². The number of hydrogen-bond donors (Lipinski definition) is 0. The third kappa shape index (κ3) is 8.19. The zero-order valence-electron chi connectivity index (χ0n) is 14.8. The van der Waals surface area contributed by atoms with E-state index in [2.05, 4.69) is 120 Å². The van der Waals surface area contributed by atoms with E-state index in [9.17, 15) is 0 Å². The van der Waals surface area contributed by atoms with Gasteiger partial charge in [0.05, 0.1) is 0 Å². The lowest BCUT2D eigenvalue weighted by Gasteiger charge is -2.19. The molecule has 1 rings (SSSR count). The summed E-state index contributed by atoms with van der Waals surface area (Å²) >= 11 is 4.81. The highest BCUT2D eigenvalue weighted by molar-refractivity contribution is 14.1. The first-order valence-electron chi connectivity index (χ1n) is 8.49. The van der Waals surface area contributed by atoms with E-state index in [0.29, 0.717) is 15.8 Å². The van der Waals surface area contributed by atoms with Crippen molar-refractivity contribution in [3.8, 4) is 0 Å². The third-order valence-corrected chi connectivity index (χ3v) is 5.34. The second-order valence-corrected chi connectivity index (χ2v) is 9.09. The molecule has 0 bridgehead atoms. The molecule has 1 aliphatic rings. The van der Waals surface area contributed by atoms with Gasteiger partial charge in [0.15, 0.2) is 0 Å². The maximum atomic E-state index is 4.20.